The first-order valence-corrected chi connectivity index (χ1v) is 13.9. The number of hydrogen-bond acceptors (Lipinski definition) is 3. The van der Waals surface area contributed by atoms with Crippen molar-refractivity contribution in [2.45, 2.75) is 103 Å². The normalized spacial score (nSPS) is 11.5. The molecule has 1 amide bonds. The van der Waals surface area contributed by atoms with Gasteiger partial charge in [-0.2, -0.15) is 4.79 Å². The first-order chi connectivity index (χ1) is 17.2. The highest BCUT2D eigenvalue weighted by molar-refractivity contribution is 5.75. The number of carbonyl (C=O) groups is 2. The molecule has 0 spiro atoms. The molecule has 2 rings (SSSR count). The maximum atomic E-state index is 12.9. The van der Waals surface area contributed by atoms with Crippen molar-refractivity contribution in [2.75, 3.05) is 6.54 Å². The van der Waals surface area contributed by atoms with Crippen molar-refractivity contribution in [2.24, 2.45) is 0 Å². The molecule has 0 radical (unpaired) electrons. The summed E-state index contributed by atoms with van der Waals surface area (Å²) in [4.78, 5) is 24.6. The molecule has 0 aromatic heterocycles. The highest BCUT2D eigenvalue weighted by atomic mass is 79.9. The lowest BCUT2D eigenvalue weighted by atomic mass is 10.0. The molecule has 0 aliphatic rings. The number of hydrogen-bond donors (Lipinski definition) is 1. The Labute approximate surface area is 229 Å². The highest BCUT2D eigenvalue weighted by Gasteiger charge is 2.24. The molecule has 0 aliphatic carbocycles. The number of unbranched alkanes of at least 4 members (excludes halogenated alkanes) is 13. The van der Waals surface area contributed by atoms with Crippen LogP contribution in [0.25, 0.3) is 0 Å². The standard InChI is InChI=1S/C31H45NO3.BrH/c1-2-3-4-5-6-7-8-9-10-11-12-13-14-18-25-32(30-23-21-28(26-33)22-24-30)31(34)35-27-29-19-16-15-17-20-29;/h15-17,19-24,26H,2-14,18,25,27H2,1H3;1H. The summed E-state index contributed by atoms with van der Waals surface area (Å²) in [6.07, 6.45) is 18.9. The van der Waals surface area contributed by atoms with Crippen molar-refractivity contribution < 1.29 is 36.2 Å². The van der Waals surface area contributed by atoms with E-state index in [1.807, 2.05) is 42.5 Å². The van der Waals surface area contributed by atoms with Crippen LogP contribution < -0.4 is 21.9 Å². The van der Waals surface area contributed by atoms with Crippen LogP contribution in [-0.2, 0) is 11.3 Å². The van der Waals surface area contributed by atoms with Crippen LogP contribution in [0.4, 0.5) is 10.5 Å². The number of nitrogens with one attached hydrogen (secondary N) is 1. The molecule has 36 heavy (non-hydrogen) atoms. The number of halogens is 1. The average Bonchev–Trinajstić information content (AvgIpc) is 2.90. The second-order valence-electron chi connectivity index (χ2n) is 9.63. The van der Waals surface area contributed by atoms with Gasteiger partial charge in [0.15, 0.2) is 0 Å². The van der Waals surface area contributed by atoms with E-state index in [0.717, 1.165) is 30.4 Å². The molecule has 0 fully saturated rings. The summed E-state index contributed by atoms with van der Waals surface area (Å²) in [7, 11) is 0. The minimum absolute atomic E-state index is 0. The third kappa shape index (κ3) is 13.9. The lowest BCUT2D eigenvalue weighted by Crippen LogP contribution is -3.10. The van der Waals surface area contributed by atoms with Gasteiger partial charge in [-0.25, -0.2) is 4.90 Å². The maximum Gasteiger partial charge on any atom is 0.519 e. The molecule has 5 heteroatoms. The highest BCUT2D eigenvalue weighted by Crippen LogP contribution is 2.13. The lowest BCUT2D eigenvalue weighted by molar-refractivity contribution is -0.753. The van der Waals surface area contributed by atoms with E-state index < -0.39 is 0 Å². The number of alkyl carbamates (subject to hydrolysis) is 1. The Morgan fingerprint density at radius 1 is 0.722 bits per heavy atom. The molecule has 0 bridgehead atoms. The van der Waals surface area contributed by atoms with Crippen molar-refractivity contribution in [3.8, 4) is 0 Å². The molecule has 4 nitrogen and oxygen atoms in total. The Morgan fingerprint density at radius 3 is 1.72 bits per heavy atom. The summed E-state index contributed by atoms with van der Waals surface area (Å²) in [5.74, 6) is 0. The van der Waals surface area contributed by atoms with E-state index in [2.05, 4.69) is 6.92 Å². The molecular formula is C31H46BrNO3. The van der Waals surface area contributed by atoms with Crippen molar-refractivity contribution in [1.82, 2.24) is 0 Å². The van der Waals surface area contributed by atoms with Gasteiger partial charge in [-0.15, -0.1) is 0 Å². The van der Waals surface area contributed by atoms with Gasteiger partial charge in [0.1, 0.15) is 18.6 Å². The molecule has 1 unspecified atom stereocenters. The quantitative estimate of drug-likeness (QED) is 0.198. The van der Waals surface area contributed by atoms with E-state index in [0.29, 0.717) is 17.0 Å². The zero-order chi connectivity index (χ0) is 25.0. The Bertz CT molecular complexity index is 810. The van der Waals surface area contributed by atoms with Gasteiger partial charge in [0.05, 0.1) is 6.54 Å². The molecule has 1 N–H and O–H groups in total. The fourth-order valence-electron chi connectivity index (χ4n) is 4.43. The number of aldehydes is 1. The molecular weight excluding hydrogens is 514 g/mol. The second kappa shape index (κ2) is 21.1. The number of quaternary nitrogens is 1. The molecule has 0 aliphatic heterocycles. The Kier molecular flexibility index (Phi) is 18.8. The van der Waals surface area contributed by atoms with Crippen LogP contribution >= 0.6 is 0 Å². The van der Waals surface area contributed by atoms with Crippen LogP contribution in [0.5, 0.6) is 0 Å². The van der Waals surface area contributed by atoms with Crippen LogP contribution in [0, 0.1) is 0 Å². The number of ether oxygens (including phenoxy) is 1. The van der Waals surface area contributed by atoms with Crippen LogP contribution in [0.3, 0.4) is 0 Å². The van der Waals surface area contributed by atoms with Gasteiger partial charge in [-0.3, -0.25) is 4.79 Å². The van der Waals surface area contributed by atoms with Crippen LogP contribution in [0.2, 0.25) is 0 Å². The fourth-order valence-corrected chi connectivity index (χ4v) is 4.43. The SMILES string of the molecule is CCCCCCCCCCCCCCCC[NH+](C(=O)OCc1ccccc1)c1ccc(C=O)cc1.[Br-]. The van der Waals surface area contributed by atoms with E-state index >= 15 is 0 Å². The van der Waals surface area contributed by atoms with Gasteiger partial charge < -0.3 is 21.7 Å². The molecule has 0 saturated heterocycles. The summed E-state index contributed by atoms with van der Waals surface area (Å²) in [5.41, 5.74) is 2.44. The predicted molar refractivity (Wildman–Crippen MR) is 144 cm³/mol. The van der Waals surface area contributed by atoms with Crippen molar-refractivity contribution in [3.05, 3.63) is 65.7 Å². The first kappa shape index (κ1) is 32.0. The maximum absolute atomic E-state index is 12.9. The summed E-state index contributed by atoms with van der Waals surface area (Å²) >= 11 is 0. The van der Waals surface area contributed by atoms with Gasteiger partial charge in [0.2, 0.25) is 0 Å². The average molecular weight is 561 g/mol. The van der Waals surface area contributed by atoms with Gasteiger partial charge in [-0.05, 0) is 30.5 Å². The largest absolute Gasteiger partial charge is 1.00 e. The summed E-state index contributed by atoms with van der Waals surface area (Å²) in [6.45, 7) is 3.24. The van der Waals surface area contributed by atoms with Crippen molar-refractivity contribution in [3.63, 3.8) is 0 Å². The number of amides is 1. The van der Waals surface area contributed by atoms with E-state index in [4.69, 9.17) is 4.74 Å². The molecule has 0 saturated carbocycles. The number of benzene rings is 2. The van der Waals surface area contributed by atoms with E-state index in [1.165, 1.54) is 77.0 Å². The predicted octanol–water partition coefficient (Wildman–Crippen LogP) is 4.84. The molecule has 0 heterocycles. The van der Waals surface area contributed by atoms with Crippen molar-refractivity contribution in [1.29, 1.82) is 0 Å². The smallest absolute Gasteiger partial charge is 0.519 e. The van der Waals surface area contributed by atoms with E-state index in [9.17, 15) is 9.59 Å². The minimum Gasteiger partial charge on any atom is -1.00 e. The Balaban J connectivity index is 0.00000648. The third-order valence-corrected chi connectivity index (χ3v) is 6.63. The van der Waals surface area contributed by atoms with Gasteiger partial charge in [0, 0.05) is 17.7 Å². The molecule has 1 atom stereocenters. The molecule has 2 aromatic carbocycles. The van der Waals surface area contributed by atoms with Crippen LogP contribution in [-0.4, -0.2) is 18.9 Å². The monoisotopic (exact) mass is 559 g/mol. The Morgan fingerprint density at radius 2 is 1.22 bits per heavy atom. The first-order valence-electron chi connectivity index (χ1n) is 13.9. The topological polar surface area (TPSA) is 47.8 Å². The third-order valence-electron chi connectivity index (χ3n) is 6.63. The number of rotatable bonds is 19. The summed E-state index contributed by atoms with van der Waals surface area (Å²) in [6, 6.07) is 17.0. The Hall–Kier alpha value is -1.98. The van der Waals surface area contributed by atoms with Gasteiger partial charge >= 0.3 is 6.09 Å². The van der Waals surface area contributed by atoms with E-state index in [-0.39, 0.29) is 29.7 Å². The second-order valence-corrected chi connectivity index (χ2v) is 9.63. The number of carbonyl (C=O) groups excluding carboxylic acids is 2. The van der Waals surface area contributed by atoms with E-state index in [1.54, 1.807) is 12.1 Å². The van der Waals surface area contributed by atoms with Gasteiger partial charge in [0.25, 0.3) is 0 Å². The van der Waals surface area contributed by atoms with Crippen molar-refractivity contribution >= 4 is 18.1 Å². The minimum atomic E-state index is -0.262. The summed E-state index contributed by atoms with van der Waals surface area (Å²) in [5, 5.41) is 0. The fraction of sp³-hybridized carbons (Fsp3) is 0.548. The zero-order valence-electron chi connectivity index (χ0n) is 22.2. The lowest BCUT2D eigenvalue weighted by Gasteiger charge is -2.16. The van der Waals surface area contributed by atoms with Crippen LogP contribution in [0.15, 0.2) is 54.6 Å². The van der Waals surface area contributed by atoms with Gasteiger partial charge in [-0.1, -0.05) is 114 Å². The zero-order valence-corrected chi connectivity index (χ0v) is 23.8. The summed E-state index contributed by atoms with van der Waals surface area (Å²) < 4.78 is 5.63. The van der Waals surface area contributed by atoms with Crippen LogP contribution in [0.1, 0.15) is 113 Å². The molecule has 2 aromatic rings. The molecule has 200 valence electrons.